The van der Waals surface area contributed by atoms with Crippen LogP contribution in [0.1, 0.15) is 46.4 Å². The first kappa shape index (κ1) is 15.5. The highest BCUT2D eigenvalue weighted by Crippen LogP contribution is 2.43. The minimum Gasteiger partial charge on any atom is -0.497 e. The molecule has 1 aromatic heterocycles. The summed E-state index contributed by atoms with van der Waals surface area (Å²) in [5, 5.41) is 7.46. The van der Waals surface area contributed by atoms with E-state index in [1.807, 2.05) is 24.3 Å². The van der Waals surface area contributed by atoms with Crippen LogP contribution >= 0.6 is 11.3 Å². The number of amides is 1. The summed E-state index contributed by atoms with van der Waals surface area (Å²) in [6.45, 7) is 4.70. The van der Waals surface area contributed by atoms with Crippen LogP contribution in [-0.4, -0.2) is 18.6 Å². The van der Waals surface area contributed by atoms with Crippen LogP contribution in [0.2, 0.25) is 0 Å². The van der Waals surface area contributed by atoms with Gasteiger partial charge in [0.05, 0.1) is 24.9 Å². The third-order valence-corrected chi connectivity index (χ3v) is 5.65. The van der Waals surface area contributed by atoms with Gasteiger partial charge in [0.15, 0.2) is 0 Å². The Hall–Kier alpha value is -2.05. The number of rotatable bonds is 2. The minimum absolute atomic E-state index is 0.0141. The van der Waals surface area contributed by atoms with Crippen LogP contribution in [0.15, 0.2) is 24.3 Å². The van der Waals surface area contributed by atoms with Crippen LogP contribution in [0.25, 0.3) is 0 Å². The number of fused-ring (bicyclic) bond motifs is 3. The summed E-state index contributed by atoms with van der Waals surface area (Å²) in [7, 11) is 1.64. The monoisotopic (exact) mass is 344 g/mol. The van der Waals surface area contributed by atoms with Crippen molar-refractivity contribution in [2.24, 2.45) is 0 Å². The van der Waals surface area contributed by atoms with Gasteiger partial charge in [-0.2, -0.15) is 0 Å². The Morgan fingerprint density at radius 3 is 2.71 bits per heavy atom. The van der Waals surface area contributed by atoms with E-state index in [4.69, 9.17) is 9.47 Å². The molecule has 0 spiro atoms. The van der Waals surface area contributed by atoms with E-state index in [-0.39, 0.29) is 17.7 Å². The van der Waals surface area contributed by atoms with Gasteiger partial charge < -0.3 is 20.1 Å². The average molecular weight is 344 g/mol. The second-order valence-electron chi connectivity index (χ2n) is 6.76. The molecule has 0 fully saturated rings. The van der Waals surface area contributed by atoms with Crippen molar-refractivity contribution in [2.45, 2.75) is 38.6 Å². The highest BCUT2D eigenvalue weighted by molar-refractivity contribution is 7.16. The standard InChI is InChI=1S/C18H20N2O3S/c1-18(2)8-12-13(9-23-18)24-17-14(12)16(21)19-15(20-17)10-4-6-11(22-3)7-5-10/h4-7,15,20H,8-9H2,1-3H3,(H,19,21)/t15-/m0/s1. The summed E-state index contributed by atoms with van der Waals surface area (Å²) in [5.41, 5.74) is 2.69. The molecule has 1 atom stereocenters. The Morgan fingerprint density at radius 2 is 2.00 bits per heavy atom. The molecule has 0 aliphatic carbocycles. The Bertz CT molecular complexity index is 795. The molecule has 2 aliphatic rings. The zero-order valence-electron chi connectivity index (χ0n) is 13.9. The number of anilines is 1. The number of hydrogen-bond acceptors (Lipinski definition) is 5. The van der Waals surface area contributed by atoms with Gasteiger partial charge in [0.1, 0.15) is 16.9 Å². The molecule has 0 unspecified atom stereocenters. The van der Waals surface area contributed by atoms with E-state index in [9.17, 15) is 4.79 Å². The molecule has 1 amide bonds. The second kappa shape index (κ2) is 5.50. The first-order chi connectivity index (χ1) is 11.5. The molecule has 5 nitrogen and oxygen atoms in total. The average Bonchev–Trinajstić information content (AvgIpc) is 2.91. The molecule has 2 N–H and O–H groups in total. The predicted octanol–water partition coefficient (Wildman–Crippen LogP) is 3.46. The Kier molecular flexibility index (Phi) is 3.54. The van der Waals surface area contributed by atoms with Crippen LogP contribution in [0.3, 0.4) is 0 Å². The molecule has 1 aromatic carbocycles. The number of ether oxygens (including phenoxy) is 2. The Morgan fingerprint density at radius 1 is 1.25 bits per heavy atom. The lowest BCUT2D eigenvalue weighted by Crippen LogP contribution is -2.39. The summed E-state index contributed by atoms with van der Waals surface area (Å²) >= 11 is 1.63. The number of benzene rings is 1. The van der Waals surface area contributed by atoms with E-state index < -0.39 is 0 Å². The minimum atomic E-state index is -0.232. The van der Waals surface area contributed by atoms with Crippen LogP contribution in [0, 0.1) is 0 Å². The van der Waals surface area contributed by atoms with Gasteiger partial charge >= 0.3 is 0 Å². The number of carbonyl (C=O) groups is 1. The first-order valence-corrected chi connectivity index (χ1v) is 8.78. The lowest BCUT2D eigenvalue weighted by molar-refractivity contribution is -0.0383. The Balaban J connectivity index is 1.66. The fourth-order valence-electron chi connectivity index (χ4n) is 3.23. The number of nitrogens with one attached hydrogen (secondary N) is 2. The lowest BCUT2D eigenvalue weighted by Gasteiger charge is -2.31. The summed E-state index contributed by atoms with van der Waals surface area (Å²) in [6, 6.07) is 7.71. The van der Waals surface area contributed by atoms with Gasteiger partial charge in [-0.05, 0) is 37.1 Å². The molecule has 0 saturated heterocycles. The van der Waals surface area contributed by atoms with Crippen molar-refractivity contribution in [2.75, 3.05) is 12.4 Å². The molecule has 2 aromatic rings. The topological polar surface area (TPSA) is 59.6 Å². The zero-order chi connectivity index (χ0) is 16.9. The van der Waals surface area contributed by atoms with Crippen molar-refractivity contribution in [1.29, 1.82) is 0 Å². The third kappa shape index (κ3) is 2.56. The van der Waals surface area contributed by atoms with Gasteiger partial charge in [-0.25, -0.2) is 0 Å². The number of carbonyl (C=O) groups excluding carboxylic acids is 1. The van der Waals surface area contributed by atoms with Crippen molar-refractivity contribution in [3.63, 3.8) is 0 Å². The van der Waals surface area contributed by atoms with E-state index in [0.717, 1.165) is 38.7 Å². The molecule has 126 valence electrons. The van der Waals surface area contributed by atoms with Crippen molar-refractivity contribution in [3.8, 4) is 5.75 Å². The molecular formula is C18H20N2O3S. The van der Waals surface area contributed by atoms with Gasteiger partial charge in [0.2, 0.25) is 0 Å². The van der Waals surface area contributed by atoms with E-state index in [0.29, 0.717) is 6.61 Å². The zero-order valence-corrected chi connectivity index (χ0v) is 14.8. The molecule has 24 heavy (non-hydrogen) atoms. The van der Waals surface area contributed by atoms with E-state index in [2.05, 4.69) is 24.5 Å². The van der Waals surface area contributed by atoms with Gasteiger partial charge in [0, 0.05) is 11.3 Å². The van der Waals surface area contributed by atoms with E-state index in [1.165, 1.54) is 0 Å². The van der Waals surface area contributed by atoms with Crippen LogP contribution < -0.4 is 15.4 Å². The maximum Gasteiger partial charge on any atom is 0.256 e. The predicted molar refractivity (Wildman–Crippen MR) is 93.7 cm³/mol. The van der Waals surface area contributed by atoms with E-state index >= 15 is 0 Å². The summed E-state index contributed by atoms with van der Waals surface area (Å²) in [4.78, 5) is 13.9. The van der Waals surface area contributed by atoms with Crippen molar-refractivity contribution >= 4 is 22.2 Å². The third-order valence-electron chi connectivity index (χ3n) is 4.51. The van der Waals surface area contributed by atoms with Crippen molar-refractivity contribution < 1.29 is 14.3 Å². The highest BCUT2D eigenvalue weighted by atomic mass is 32.1. The number of hydrogen-bond donors (Lipinski definition) is 2. The SMILES string of the molecule is COc1ccc([C@H]2NC(=O)c3c(sc4c3CC(C)(C)OC4)N2)cc1. The first-order valence-electron chi connectivity index (χ1n) is 7.97. The number of methoxy groups -OCH3 is 1. The van der Waals surface area contributed by atoms with Crippen LogP contribution in [-0.2, 0) is 17.8 Å². The molecule has 2 aliphatic heterocycles. The summed E-state index contributed by atoms with van der Waals surface area (Å²) < 4.78 is 11.1. The summed E-state index contributed by atoms with van der Waals surface area (Å²) in [6.07, 6.45) is 0.529. The highest BCUT2D eigenvalue weighted by Gasteiger charge is 2.36. The molecular weight excluding hydrogens is 324 g/mol. The van der Waals surface area contributed by atoms with Crippen LogP contribution in [0.4, 0.5) is 5.00 Å². The number of thiophene rings is 1. The van der Waals surface area contributed by atoms with Gasteiger partial charge in [-0.3, -0.25) is 4.79 Å². The molecule has 0 radical (unpaired) electrons. The quantitative estimate of drug-likeness (QED) is 0.876. The van der Waals surface area contributed by atoms with Gasteiger partial charge in [-0.15, -0.1) is 11.3 Å². The second-order valence-corrected chi connectivity index (χ2v) is 7.86. The van der Waals surface area contributed by atoms with Gasteiger partial charge in [-0.1, -0.05) is 12.1 Å². The molecule has 0 bridgehead atoms. The van der Waals surface area contributed by atoms with E-state index in [1.54, 1.807) is 18.4 Å². The van der Waals surface area contributed by atoms with Gasteiger partial charge in [0.25, 0.3) is 5.91 Å². The lowest BCUT2D eigenvalue weighted by atomic mass is 9.92. The maximum atomic E-state index is 12.7. The Labute approximate surface area is 145 Å². The van der Waals surface area contributed by atoms with Crippen LogP contribution in [0.5, 0.6) is 5.75 Å². The largest absolute Gasteiger partial charge is 0.497 e. The normalized spacial score (nSPS) is 21.3. The molecule has 4 rings (SSSR count). The summed E-state index contributed by atoms with van der Waals surface area (Å²) in [5.74, 6) is 0.785. The smallest absolute Gasteiger partial charge is 0.256 e. The van der Waals surface area contributed by atoms with Crippen molar-refractivity contribution in [1.82, 2.24) is 5.32 Å². The van der Waals surface area contributed by atoms with Crippen molar-refractivity contribution in [3.05, 3.63) is 45.8 Å². The molecule has 3 heterocycles. The fourth-order valence-corrected chi connectivity index (χ4v) is 4.39. The fraction of sp³-hybridized carbons (Fsp3) is 0.389. The maximum absolute atomic E-state index is 12.7. The molecule has 0 saturated carbocycles. The molecule has 6 heteroatoms.